The number of ether oxygens (including phenoxy) is 1. The third kappa shape index (κ3) is 4.47. The molecule has 1 rings (SSSR count). The van der Waals surface area contributed by atoms with Gasteiger partial charge in [-0.15, -0.1) is 11.3 Å². The van der Waals surface area contributed by atoms with Crippen molar-refractivity contribution in [2.75, 3.05) is 11.9 Å². The molecule has 0 saturated heterocycles. The summed E-state index contributed by atoms with van der Waals surface area (Å²) in [6.45, 7) is 5.59. The van der Waals surface area contributed by atoms with Gasteiger partial charge < -0.3 is 15.5 Å². The average Bonchev–Trinajstić information content (AvgIpc) is 2.70. The van der Waals surface area contributed by atoms with Crippen LogP contribution in [0.3, 0.4) is 0 Å². The van der Waals surface area contributed by atoms with E-state index in [1.54, 1.807) is 19.9 Å². The van der Waals surface area contributed by atoms with Crippen LogP contribution in [0.25, 0.3) is 0 Å². The number of anilines is 1. The van der Waals surface area contributed by atoms with Gasteiger partial charge in [-0.25, -0.2) is 4.79 Å². The molecule has 0 saturated carbocycles. The van der Waals surface area contributed by atoms with Gasteiger partial charge in [-0.1, -0.05) is 0 Å². The van der Waals surface area contributed by atoms with E-state index in [4.69, 9.17) is 15.4 Å². The average molecular weight is 335 g/mol. The Kier molecular flexibility index (Phi) is 6.16. The summed E-state index contributed by atoms with van der Waals surface area (Å²) in [4.78, 5) is 36.1. The smallest absolute Gasteiger partial charge is 0.341 e. The third-order valence-corrected chi connectivity index (χ3v) is 4.23. The van der Waals surface area contributed by atoms with E-state index in [-0.39, 0.29) is 17.2 Å². The number of nitrogens with zero attached hydrogens (tertiary/aromatic N) is 1. The zero-order valence-electron chi connectivity index (χ0n) is 13.3. The maximum Gasteiger partial charge on any atom is 0.341 e. The van der Waals surface area contributed by atoms with Crippen LogP contribution in [-0.4, -0.2) is 30.0 Å². The molecule has 0 fully saturated rings. The molecule has 1 atom stereocenters. The lowest BCUT2D eigenvalue weighted by atomic mass is 10.0. The van der Waals surface area contributed by atoms with Crippen LogP contribution in [0.5, 0.6) is 0 Å². The molecule has 23 heavy (non-hydrogen) atoms. The molecule has 0 aliphatic carbocycles. The van der Waals surface area contributed by atoms with Gasteiger partial charge in [-0.2, -0.15) is 5.26 Å². The van der Waals surface area contributed by atoms with Gasteiger partial charge in [-0.05, 0) is 26.3 Å². The minimum atomic E-state index is -1.22. The van der Waals surface area contributed by atoms with Gasteiger partial charge in [0.25, 0.3) is 0 Å². The molecule has 1 heterocycles. The van der Waals surface area contributed by atoms with Crippen molar-refractivity contribution in [3.05, 3.63) is 16.0 Å². The number of ketones is 1. The second-order valence-corrected chi connectivity index (χ2v) is 6.18. The molecule has 2 N–H and O–H groups in total. The first-order valence-corrected chi connectivity index (χ1v) is 7.52. The first-order valence-electron chi connectivity index (χ1n) is 6.71. The molecule has 1 amide bonds. The second kappa shape index (κ2) is 7.65. The largest absolute Gasteiger partial charge is 0.454 e. The number of nitrogens with one attached hydrogen (secondary N) is 2. The number of amides is 1. The lowest BCUT2D eigenvalue weighted by Crippen LogP contribution is -2.25. The summed E-state index contributed by atoms with van der Waals surface area (Å²) in [6, 6.07) is 1.70. The fourth-order valence-electron chi connectivity index (χ4n) is 1.82. The van der Waals surface area contributed by atoms with Crippen molar-refractivity contribution in [2.24, 2.45) is 5.92 Å². The zero-order valence-corrected chi connectivity index (χ0v) is 14.1. The summed E-state index contributed by atoms with van der Waals surface area (Å²) in [5.41, 5.74) is 0.766. The monoisotopic (exact) mass is 335 g/mol. The van der Waals surface area contributed by atoms with E-state index in [2.05, 4.69) is 5.32 Å². The van der Waals surface area contributed by atoms with Crippen molar-refractivity contribution in [1.29, 1.82) is 10.7 Å². The van der Waals surface area contributed by atoms with Gasteiger partial charge in [0.15, 0.2) is 12.4 Å². The van der Waals surface area contributed by atoms with E-state index in [0.29, 0.717) is 10.6 Å². The Morgan fingerprint density at radius 3 is 2.43 bits per heavy atom. The predicted molar refractivity (Wildman–Crippen MR) is 85.9 cm³/mol. The Bertz CT molecular complexity index is 715. The number of esters is 1. The number of hydrogen-bond acceptors (Lipinski definition) is 7. The van der Waals surface area contributed by atoms with Crippen LogP contribution in [0.4, 0.5) is 5.00 Å². The second-order valence-electron chi connectivity index (χ2n) is 4.96. The van der Waals surface area contributed by atoms with E-state index in [1.807, 2.05) is 0 Å². The van der Waals surface area contributed by atoms with E-state index in [0.717, 1.165) is 4.88 Å². The van der Waals surface area contributed by atoms with Crippen LogP contribution in [0.2, 0.25) is 0 Å². The number of carbonyl (C=O) groups excluding carboxylic acids is 3. The Morgan fingerprint density at radius 2 is 1.96 bits per heavy atom. The Labute approximate surface area is 137 Å². The quantitative estimate of drug-likeness (QED) is 0.610. The van der Waals surface area contributed by atoms with E-state index in [1.165, 1.54) is 25.2 Å². The Morgan fingerprint density at radius 1 is 1.35 bits per heavy atom. The SMILES string of the molecule is CC(=N)[C@H](C#N)C(=O)COC(=O)c1c(NC(C)=O)sc(C)c1C. The number of nitriles is 1. The summed E-state index contributed by atoms with van der Waals surface area (Å²) in [7, 11) is 0. The van der Waals surface area contributed by atoms with Gasteiger partial charge in [0.2, 0.25) is 5.91 Å². The standard InChI is InChI=1S/C15H17N3O4S/c1-7-9(3)23-14(18-10(4)19)13(7)15(21)22-6-12(20)11(5-16)8(2)17/h11,17H,6H2,1-4H3,(H,18,19)/t11-/m0/s1. The maximum atomic E-state index is 12.2. The highest BCUT2D eigenvalue weighted by molar-refractivity contribution is 7.16. The summed E-state index contributed by atoms with van der Waals surface area (Å²) >= 11 is 1.24. The number of hydrogen-bond donors (Lipinski definition) is 2. The fourth-order valence-corrected chi connectivity index (χ4v) is 2.92. The molecule has 1 aromatic heterocycles. The summed E-state index contributed by atoms with van der Waals surface area (Å²) in [5.74, 6) is -2.94. The molecule has 0 bridgehead atoms. The number of rotatable bonds is 6. The molecular formula is C15H17N3O4S. The van der Waals surface area contributed by atoms with Crippen molar-refractivity contribution < 1.29 is 19.1 Å². The minimum absolute atomic E-state index is 0.102. The van der Waals surface area contributed by atoms with Crippen molar-refractivity contribution >= 4 is 39.7 Å². The Hall–Kier alpha value is -2.53. The van der Waals surface area contributed by atoms with Crippen LogP contribution in [0.15, 0.2) is 0 Å². The van der Waals surface area contributed by atoms with E-state index >= 15 is 0 Å². The van der Waals surface area contributed by atoms with Crippen LogP contribution in [0.1, 0.15) is 34.6 Å². The molecule has 0 spiro atoms. The molecule has 0 aromatic carbocycles. The maximum absolute atomic E-state index is 12.2. The predicted octanol–water partition coefficient (Wildman–Crippen LogP) is 2.23. The molecule has 122 valence electrons. The van der Waals surface area contributed by atoms with Crippen molar-refractivity contribution in [2.45, 2.75) is 27.7 Å². The van der Waals surface area contributed by atoms with Crippen molar-refractivity contribution in [3.63, 3.8) is 0 Å². The summed E-state index contributed by atoms with van der Waals surface area (Å²) < 4.78 is 4.96. The number of Topliss-reactive ketones (excluding diaryl/α,β-unsaturated/α-hetero) is 1. The normalized spacial score (nSPS) is 11.3. The lowest BCUT2D eigenvalue weighted by Gasteiger charge is -2.09. The number of carbonyl (C=O) groups is 3. The van der Waals surface area contributed by atoms with Crippen LogP contribution in [-0.2, 0) is 14.3 Å². The Balaban J connectivity index is 2.91. The van der Waals surface area contributed by atoms with Gasteiger partial charge in [-0.3, -0.25) is 9.59 Å². The highest BCUT2D eigenvalue weighted by Crippen LogP contribution is 2.32. The van der Waals surface area contributed by atoms with E-state index < -0.39 is 24.3 Å². The van der Waals surface area contributed by atoms with Crippen LogP contribution < -0.4 is 5.32 Å². The summed E-state index contributed by atoms with van der Waals surface area (Å²) in [5, 5.41) is 19.1. The number of aryl methyl sites for hydroxylation is 1. The van der Waals surface area contributed by atoms with Gasteiger partial charge in [0.1, 0.15) is 10.9 Å². The molecular weight excluding hydrogens is 318 g/mol. The lowest BCUT2D eigenvalue weighted by molar-refractivity contribution is -0.122. The molecule has 0 unspecified atom stereocenters. The fraction of sp³-hybridized carbons (Fsp3) is 0.400. The van der Waals surface area contributed by atoms with Crippen molar-refractivity contribution in [3.8, 4) is 6.07 Å². The van der Waals surface area contributed by atoms with Gasteiger partial charge in [0, 0.05) is 17.5 Å². The molecule has 0 aliphatic heterocycles. The third-order valence-electron chi connectivity index (χ3n) is 3.11. The van der Waals surface area contributed by atoms with Crippen LogP contribution in [0, 0.1) is 36.5 Å². The van der Waals surface area contributed by atoms with Gasteiger partial charge >= 0.3 is 5.97 Å². The molecule has 0 aliphatic rings. The number of thiophene rings is 1. The summed E-state index contributed by atoms with van der Waals surface area (Å²) in [6.07, 6.45) is 0. The first-order chi connectivity index (χ1) is 10.7. The zero-order chi connectivity index (χ0) is 17.7. The highest BCUT2D eigenvalue weighted by Gasteiger charge is 2.25. The molecule has 1 aromatic rings. The molecule has 7 nitrogen and oxygen atoms in total. The van der Waals surface area contributed by atoms with E-state index in [9.17, 15) is 14.4 Å². The van der Waals surface area contributed by atoms with Crippen molar-refractivity contribution in [1.82, 2.24) is 0 Å². The molecule has 8 heteroatoms. The topological polar surface area (TPSA) is 120 Å². The first kappa shape index (κ1) is 18.5. The highest BCUT2D eigenvalue weighted by atomic mass is 32.1. The van der Waals surface area contributed by atoms with Gasteiger partial charge in [0.05, 0.1) is 11.6 Å². The minimum Gasteiger partial charge on any atom is -0.454 e. The molecule has 0 radical (unpaired) electrons. The van der Waals surface area contributed by atoms with Crippen LogP contribution >= 0.6 is 11.3 Å².